The first-order valence-corrected chi connectivity index (χ1v) is 5.20. The topological polar surface area (TPSA) is 55.2 Å². The number of nitro benzene ring substituents is 1. The SMILES string of the molecule is CC(NC(C)C(F)F)c1cccc([N+](=O)[O-])c1. The summed E-state index contributed by atoms with van der Waals surface area (Å²) in [5.74, 6) is 0. The molecule has 0 saturated carbocycles. The van der Waals surface area contributed by atoms with Crippen LogP contribution in [0.5, 0.6) is 0 Å². The van der Waals surface area contributed by atoms with Crippen LogP contribution in [0.2, 0.25) is 0 Å². The number of halogens is 2. The fourth-order valence-corrected chi connectivity index (χ4v) is 1.47. The molecule has 1 aromatic rings. The molecule has 2 unspecified atom stereocenters. The molecule has 0 radical (unpaired) electrons. The highest BCUT2D eigenvalue weighted by molar-refractivity contribution is 5.35. The first-order chi connectivity index (χ1) is 7.91. The molecule has 0 aliphatic carbocycles. The van der Waals surface area contributed by atoms with Crippen LogP contribution in [-0.2, 0) is 0 Å². The Morgan fingerprint density at radius 3 is 2.53 bits per heavy atom. The fourth-order valence-electron chi connectivity index (χ4n) is 1.47. The summed E-state index contributed by atoms with van der Waals surface area (Å²) in [4.78, 5) is 10.1. The van der Waals surface area contributed by atoms with Gasteiger partial charge in [0.2, 0.25) is 0 Å². The van der Waals surface area contributed by atoms with E-state index in [1.807, 2.05) is 0 Å². The van der Waals surface area contributed by atoms with Crippen molar-refractivity contribution in [2.24, 2.45) is 0 Å². The smallest absolute Gasteiger partial charge is 0.269 e. The largest absolute Gasteiger partial charge is 0.302 e. The highest BCUT2D eigenvalue weighted by Gasteiger charge is 2.18. The number of rotatable bonds is 5. The second kappa shape index (κ2) is 5.67. The summed E-state index contributed by atoms with van der Waals surface area (Å²) in [5.41, 5.74) is 0.576. The van der Waals surface area contributed by atoms with Crippen LogP contribution < -0.4 is 5.32 Å². The lowest BCUT2D eigenvalue weighted by atomic mass is 10.1. The van der Waals surface area contributed by atoms with Crippen molar-refractivity contribution in [3.63, 3.8) is 0 Å². The van der Waals surface area contributed by atoms with E-state index >= 15 is 0 Å². The lowest BCUT2D eigenvalue weighted by Gasteiger charge is -2.19. The van der Waals surface area contributed by atoms with Gasteiger partial charge < -0.3 is 5.32 Å². The first-order valence-electron chi connectivity index (χ1n) is 5.20. The number of nitrogens with zero attached hydrogens (tertiary/aromatic N) is 1. The zero-order valence-corrected chi connectivity index (χ0v) is 9.56. The standard InChI is InChI=1S/C11H14F2N2O2/c1-7(14-8(2)11(12)13)9-4-3-5-10(6-9)15(16)17/h3-8,11,14H,1-2H3. The normalized spacial score (nSPS) is 14.6. The van der Waals surface area contributed by atoms with Crippen LogP contribution in [0.25, 0.3) is 0 Å². The van der Waals surface area contributed by atoms with Crippen LogP contribution in [0.3, 0.4) is 0 Å². The fraction of sp³-hybridized carbons (Fsp3) is 0.455. The highest BCUT2D eigenvalue weighted by atomic mass is 19.3. The Balaban J connectivity index is 2.78. The van der Waals surface area contributed by atoms with E-state index in [1.165, 1.54) is 19.1 Å². The summed E-state index contributed by atoms with van der Waals surface area (Å²) < 4.78 is 24.7. The third-order valence-electron chi connectivity index (χ3n) is 2.47. The Bertz CT molecular complexity index is 399. The zero-order valence-electron chi connectivity index (χ0n) is 9.56. The molecule has 0 aliphatic rings. The molecular weight excluding hydrogens is 230 g/mol. The number of hydrogen-bond donors (Lipinski definition) is 1. The molecule has 4 nitrogen and oxygen atoms in total. The number of nitro groups is 1. The van der Waals surface area contributed by atoms with E-state index in [2.05, 4.69) is 5.32 Å². The van der Waals surface area contributed by atoms with Crippen molar-refractivity contribution in [1.82, 2.24) is 5.32 Å². The van der Waals surface area contributed by atoms with Gasteiger partial charge in [-0.2, -0.15) is 0 Å². The zero-order chi connectivity index (χ0) is 13.0. The molecule has 1 rings (SSSR count). The van der Waals surface area contributed by atoms with Crippen LogP contribution in [0, 0.1) is 10.1 Å². The minimum atomic E-state index is -2.46. The summed E-state index contributed by atoms with van der Waals surface area (Å²) >= 11 is 0. The van der Waals surface area contributed by atoms with Crippen molar-refractivity contribution in [3.8, 4) is 0 Å². The summed E-state index contributed by atoms with van der Waals surface area (Å²) in [5, 5.41) is 13.3. The van der Waals surface area contributed by atoms with Gasteiger partial charge in [0.1, 0.15) is 0 Å². The maximum absolute atomic E-state index is 12.3. The molecule has 0 fully saturated rings. The molecule has 0 aromatic heterocycles. The monoisotopic (exact) mass is 244 g/mol. The molecule has 0 bridgehead atoms. The van der Waals surface area contributed by atoms with E-state index in [-0.39, 0.29) is 11.7 Å². The number of alkyl halides is 2. The molecule has 0 heterocycles. The van der Waals surface area contributed by atoms with Crippen LogP contribution >= 0.6 is 0 Å². The van der Waals surface area contributed by atoms with Crippen molar-refractivity contribution in [3.05, 3.63) is 39.9 Å². The van der Waals surface area contributed by atoms with Crippen molar-refractivity contribution in [1.29, 1.82) is 0 Å². The van der Waals surface area contributed by atoms with Gasteiger partial charge >= 0.3 is 0 Å². The molecule has 0 aliphatic heterocycles. The molecule has 0 spiro atoms. The van der Waals surface area contributed by atoms with Crippen molar-refractivity contribution in [2.45, 2.75) is 32.4 Å². The van der Waals surface area contributed by atoms with E-state index in [0.717, 1.165) is 0 Å². The van der Waals surface area contributed by atoms with Crippen LogP contribution in [0.1, 0.15) is 25.5 Å². The highest BCUT2D eigenvalue weighted by Crippen LogP contribution is 2.19. The molecular formula is C11H14F2N2O2. The quantitative estimate of drug-likeness (QED) is 0.640. The molecule has 6 heteroatoms. The van der Waals surface area contributed by atoms with E-state index in [0.29, 0.717) is 5.56 Å². The Hall–Kier alpha value is -1.56. The minimum Gasteiger partial charge on any atom is -0.302 e. The number of benzene rings is 1. The number of non-ortho nitro benzene ring substituents is 1. The van der Waals surface area contributed by atoms with Gasteiger partial charge in [-0.15, -0.1) is 0 Å². The molecule has 2 atom stereocenters. The van der Waals surface area contributed by atoms with E-state index in [4.69, 9.17) is 0 Å². The predicted octanol–water partition coefficient (Wildman–Crippen LogP) is 2.90. The van der Waals surface area contributed by atoms with Gasteiger partial charge in [-0.05, 0) is 19.4 Å². The molecule has 1 N–H and O–H groups in total. The van der Waals surface area contributed by atoms with Gasteiger partial charge in [-0.3, -0.25) is 10.1 Å². The van der Waals surface area contributed by atoms with E-state index in [9.17, 15) is 18.9 Å². The average molecular weight is 244 g/mol. The molecule has 0 amide bonds. The van der Waals surface area contributed by atoms with Crippen molar-refractivity contribution >= 4 is 5.69 Å². The lowest BCUT2D eigenvalue weighted by molar-refractivity contribution is -0.384. The number of hydrogen-bond acceptors (Lipinski definition) is 3. The van der Waals surface area contributed by atoms with Gasteiger partial charge in [-0.25, -0.2) is 8.78 Å². The minimum absolute atomic E-state index is 0.0409. The van der Waals surface area contributed by atoms with Gasteiger partial charge in [0.15, 0.2) is 0 Å². The third-order valence-corrected chi connectivity index (χ3v) is 2.47. The Morgan fingerprint density at radius 2 is 2.00 bits per heavy atom. The predicted molar refractivity (Wildman–Crippen MR) is 60.1 cm³/mol. The van der Waals surface area contributed by atoms with Crippen LogP contribution in [0.15, 0.2) is 24.3 Å². The Morgan fingerprint density at radius 1 is 1.35 bits per heavy atom. The van der Waals surface area contributed by atoms with Gasteiger partial charge in [0.25, 0.3) is 12.1 Å². The van der Waals surface area contributed by atoms with E-state index in [1.54, 1.807) is 19.1 Å². The van der Waals surface area contributed by atoms with E-state index < -0.39 is 17.4 Å². The molecule has 94 valence electrons. The van der Waals surface area contributed by atoms with Gasteiger partial charge in [-0.1, -0.05) is 12.1 Å². The average Bonchev–Trinajstić information content (AvgIpc) is 2.28. The van der Waals surface area contributed by atoms with Crippen LogP contribution in [-0.4, -0.2) is 17.4 Å². The molecule has 1 aromatic carbocycles. The molecule has 0 saturated heterocycles. The maximum atomic E-state index is 12.3. The first kappa shape index (κ1) is 13.5. The summed E-state index contributed by atoms with van der Waals surface area (Å²) in [6.07, 6.45) is -2.46. The number of nitrogens with one attached hydrogen (secondary N) is 1. The summed E-state index contributed by atoms with van der Waals surface area (Å²) in [6, 6.07) is 4.65. The summed E-state index contributed by atoms with van der Waals surface area (Å²) in [6.45, 7) is 3.07. The van der Waals surface area contributed by atoms with Crippen LogP contribution in [0.4, 0.5) is 14.5 Å². The Kier molecular flexibility index (Phi) is 4.51. The lowest BCUT2D eigenvalue weighted by Crippen LogP contribution is -2.34. The summed E-state index contributed by atoms with van der Waals surface area (Å²) in [7, 11) is 0. The third kappa shape index (κ3) is 3.74. The van der Waals surface area contributed by atoms with Crippen molar-refractivity contribution in [2.75, 3.05) is 0 Å². The maximum Gasteiger partial charge on any atom is 0.269 e. The second-order valence-corrected chi connectivity index (χ2v) is 3.86. The molecule has 17 heavy (non-hydrogen) atoms. The van der Waals surface area contributed by atoms with Crippen molar-refractivity contribution < 1.29 is 13.7 Å². The Labute approximate surface area is 97.8 Å². The van der Waals surface area contributed by atoms with Gasteiger partial charge in [0.05, 0.1) is 11.0 Å². The second-order valence-electron chi connectivity index (χ2n) is 3.86. The van der Waals surface area contributed by atoms with Gasteiger partial charge in [0, 0.05) is 18.2 Å².